The van der Waals surface area contributed by atoms with Gasteiger partial charge in [-0.05, 0) is 6.08 Å². The highest BCUT2D eigenvalue weighted by molar-refractivity contribution is 5.25. The van der Waals surface area contributed by atoms with E-state index in [0.29, 0.717) is 6.08 Å². The number of halogens is 2. The minimum absolute atomic E-state index is 0.322. The van der Waals surface area contributed by atoms with Crippen LogP contribution in [-0.4, -0.2) is 5.92 Å². The van der Waals surface area contributed by atoms with E-state index in [1.165, 1.54) is 0 Å². The highest BCUT2D eigenvalue weighted by Gasteiger charge is 2.25. The van der Waals surface area contributed by atoms with E-state index in [2.05, 4.69) is 19.7 Å². The van der Waals surface area contributed by atoms with Gasteiger partial charge in [-0.1, -0.05) is 25.8 Å². The minimum Gasteiger partial charge on any atom is -0.197 e. The van der Waals surface area contributed by atoms with Crippen molar-refractivity contribution in [3.8, 4) is 0 Å². The molecule has 0 atom stereocenters. The van der Waals surface area contributed by atoms with Crippen LogP contribution < -0.4 is 0 Å². The molecule has 0 fully saturated rings. The zero-order valence-corrected chi connectivity index (χ0v) is 5.03. The maximum absolute atomic E-state index is 12.3. The first-order chi connectivity index (χ1) is 4.04. The first-order valence-electron chi connectivity index (χ1n) is 2.38. The lowest BCUT2D eigenvalue weighted by molar-refractivity contribution is 0.102. The van der Waals surface area contributed by atoms with Gasteiger partial charge in [0.1, 0.15) is 0 Å². The number of alkyl halides is 2. The van der Waals surface area contributed by atoms with Crippen LogP contribution in [0.2, 0.25) is 0 Å². The molecular formula is C7H8F2. The molecule has 50 valence electrons. The summed E-state index contributed by atoms with van der Waals surface area (Å²) in [6, 6.07) is 0. The first kappa shape index (κ1) is 8.08. The lowest BCUT2D eigenvalue weighted by Gasteiger charge is -2.09. The smallest absolute Gasteiger partial charge is 0.197 e. The largest absolute Gasteiger partial charge is 0.290 e. The van der Waals surface area contributed by atoms with Crippen molar-refractivity contribution in [3.05, 3.63) is 37.5 Å². The predicted molar refractivity (Wildman–Crippen MR) is 34.5 cm³/mol. The van der Waals surface area contributed by atoms with Crippen molar-refractivity contribution in [2.75, 3.05) is 0 Å². The molecule has 0 nitrogen and oxygen atoms in total. The molecule has 0 saturated carbocycles. The number of allylic oxidation sites excluding steroid dienone is 3. The Bertz CT molecular complexity index is 145. The lowest BCUT2D eigenvalue weighted by atomic mass is 10.1. The van der Waals surface area contributed by atoms with Crippen molar-refractivity contribution in [1.82, 2.24) is 0 Å². The van der Waals surface area contributed by atoms with Crippen molar-refractivity contribution < 1.29 is 8.78 Å². The van der Waals surface area contributed by atoms with Gasteiger partial charge in [-0.2, -0.15) is 8.78 Å². The molecule has 9 heavy (non-hydrogen) atoms. The van der Waals surface area contributed by atoms with Gasteiger partial charge in [0.2, 0.25) is 0 Å². The SMILES string of the molecule is C=CC(=C)C(F)(F)C=C. The van der Waals surface area contributed by atoms with Crippen LogP contribution in [0.5, 0.6) is 0 Å². The molecule has 2 heteroatoms. The van der Waals surface area contributed by atoms with E-state index in [0.717, 1.165) is 6.08 Å². The Morgan fingerprint density at radius 2 is 1.78 bits per heavy atom. The van der Waals surface area contributed by atoms with E-state index in [1.807, 2.05) is 0 Å². The third-order valence-corrected chi connectivity index (χ3v) is 0.931. The Kier molecular flexibility index (Phi) is 2.31. The normalized spacial score (nSPS) is 10.4. The number of hydrogen-bond donors (Lipinski definition) is 0. The van der Waals surface area contributed by atoms with Gasteiger partial charge >= 0.3 is 0 Å². The highest BCUT2D eigenvalue weighted by Crippen LogP contribution is 2.23. The van der Waals surface area contributed by atoms with Crippen LogP contribution >= 0.6 is 0 Å². The molecule has 0 aliphatic rings. The van der Waals surface area contributed by atoms with Gasteiger partial charge in [0.05, 0.1) is 0 Å². The Morgan fingerprint density at radius 1 is 1.33 bits per heavy atom. The quantitative estimate of drug-likeness (QED) is 0.407. The fourth-order valence-electron chi connectivity index (χ4n) is 0.267. The van der Waals surface area contributed by atoms with Gasteiger partial charge in [-0.15, -0.1) is 0 Å². The zero-order chi connectivity index (χ0) is 7.49. The zero-order valence-electron chi connectivity index (χ0n) is 5.03. The average molecular weight is 130 g/mol. The van der Waals surface area contributed by atoms with Crippen LogP contribution in [0.4, 0.5) is 8.78 Å². The summed E-state index contributed by atoms with van der Waals surface area (Å²) in [6.07, 6.45) is 1.55. The summed E-state index contributed by atoms with van der Waals surface area (Å²) in [5, 5.41) is 0. The average Bonchev–Trinajstić information content (AvgIpc) is 1.86. The maximum Gasteiger partial charge on any atom is 0.290 e. The highest BCUT2D eigenvalue weighted by atomic mass is 19.3. The molecule has 0 saturated heterocycles. The molecule has 0 aromatic carbocycles. The van der Waals surface area contributed by atoms with E-state index in [9.17, 15) is 8.78 Å². The Morgan fingerprint density at radius 3 is 1.89 bits per heavy atom. The summed E-state index contributed by atoms with van der Waals surface area (Å²) in [4.78, 5) is 0. The Labute approximate surface area is 53.2 Å². The summed E-state index contributed by atoms with van der Waals surface area (Å²) < 4.78 is 24.5. The number of rotatable bonds is 3. The molecule has 0 unspecified atom stereocenters. The monoisotopic (exact) mass is 130 g/mol. The summed E-state index contributed by atoms with van der Waals surface area (Å²) in [5.41, 5.74) is -0.322. The minimum atomic E-state index is -3.00. The van der Waals surface area contributed by atoms with Gasteiger partial charge < -0.3 is 0 Å². The summed E-state index contributed by atoms with van der Waals surface area (Å²) in [6.45, 7) is 9.17. The Hall–Kier alpha value is -0.920. The second-order valence-corrected chi connectivity index (χ2v) is 1.56. The van der Waals surface area contributed by atoms with Crippen molar-refractivity contribution in [2.45, 2.75) is 5.92 Å². The molecule has 0 spiro atoms. The van der Waals surface area contributed by atoms with Gasteiger partial charge in [0.25, 0.3) is 5.92 Å². The van der Waals surface area contributed by atoms with Gasteiger partial charge in [0.15, 0.2) is 0 Å². The molecule has 0 aliphatic heterocycles. The molecule has 0 aromatic heterocycles. The lowest BCUT2D eigenvalue weighted by Crippen LogP contribution is -2.12. The van der Waals surface area contributed by atoms with E-state index in [1.54, 1.807) is 0 Å². The van der Waals surface area contributed by atoms with Gasteiger partial charge in [-0.25, -0.2) is 0 Å². The molecule has 0 aliphatic carbocycles. The van der Waals surface area contributed by atoms with Crippen LogP contribution in [0.15, 0.2) is 37.5 Å². The van der Waals surface area contributed by atoms with Crippen molar-refractivity contribution in [2.24, 2.45) is 0 Å². The van der Waals surface area contributed by atoms with Crippen molar-refractivity contribution in [1.29, 1.82) is 0 Å². The fourth-order valence-corrected chi connectivity index (χ4v) is 0.267. The molecular weight excluding hydrogens is 122 g/mol. The molecule has 0 bridgehead atoms. The molecule has 0 radical (unpaired) electrons. The van der Waals surface area contributed by atoms with Crippen LogP contribution in [0.1, 0.15) is 0 Å². The molecule has 0 rings (SSSR count). The van der Waals surface area contributed by atoms with E-state index in [4.69, 9.17) is 0 Å². The van der Waals surface area contributed by atoms with Crippen LogP contribution in [0, 0.1) is 0 Å². The second-order valence-electron chi connectivity index (χ2n) is 1.56. The maximum atomic E-state index is 12.3. The molecule has 0 heterocycles. The van der Waals surface area contributed by atoms with Crippen molar-refractivity contribution >= 4 is 0 Å². The third-order valence-electron chi connectivity index (χ3n) is 0.931. The summed E-state index contributed by atoms with van der Waals surface area (Å²) in [5.74, 6) is -3.00. The molecule has 0 aromatic rings. The van der Waals surface area contributed by atoms with Gasteiger partial charge in [-0.3, -0.25) is 0 Å². The van der Waals surface area contributed by atoms with Crippen LogP contribution in [0.25, 0.3) is 0 Å². The van der Waals surface area contributed by atoms with Crippen LogP contribution in [0.3, 0.4) is 0 Å². The van der Waals surface area contributed by atoms with E-state index in [-0.39, 0.29) is 5.57 Å². The third kappa shape index (κ3) is 1.80. The van der Waals surface area contributed by atoms with E-state index >= 15 is 0 Å². The second kappa shape index (κ2) is 2.58. The molecule has 0 amide bonds. The van der Waals surface area contributed by atoms with Crippen molar-refractivity contribution in [3.63, 3.8) is 0 Å². The van der Waals surface area contributed by atoms with E-state index < -0.39 is 5.92 Å². The van der Waals surface area contributed by atoms with Crippen LogP contribution in [-0.2, 0) is 0 Å². The standard InChI is InChI=1S/C7H8F2/c1-4-6(3)7(8,9)5-2/h4-5H,1-3H2. The molecule has 0 N–H and O–H groups in total. The predicted octanol–water partition coefficient (Wildman–Crippen LogP) is 2.55. The topological polar surface area (TPSA) is 0 Å². The fraction of sp³-hybridized carbons (Fsp3) is 0.143. The Balaban J connectivity index is 4.31. The first-order valence-corrected chi connectivity index (χ1v) is 2.38. The number of hydrogen-bond acceptors (Lipinski definition) is 0. The van der Waals surface area contributed by atoms with Gasteiger partial charge in [0, 0.05) is 5.57 Å². The summed E-state index contributed by atoms with van der Waals surface area (Å²) >= 11 is 0. The summed E-state index contributed by atoms with van der Waals surface area (Å²) in [7, 11) is 0.